The molecule has 3 rings (SSSR count). The Morgan fingerprint density at radius 2 is 1.00 bits per heavy atom. The second kappa shape index (κ2) is 7.74. The van der Waals surface area contributed by atoms with E-state index < -0.39 is 17.5 Å². The van der Waals surface area contributed by atoms with Gasteiger partial charge < -0.3 is 5.11 Å². The summed E-state index contributed by atoms with van der Waals surface area (Å²) in [6, 6.07) is 16.6. The van der Waals surface area contributed by atoms with E-state index in [4.69, 9.17) is 23.2 Å². The van der Waals surface area contributed by atoms with Gasteiger partial charge in [-0.2, -0.15) is 0 Å². The maximum absolute atomic E-state index is 12.8. The standard InChI is InChI=1S/C21H12Cl2O4/c22-17-7-3-1-5-15(17)19(24)12-9-13(11-14(10-12)21(26)27)20(25)16-6-2-4-8-18(16)23/h1-11H,(H,26,27). The van der Waals surface area contributed by atoms with E-state index in [0.717, 1.165) is 0 Å². The number of carboxylic acid groups (broad SMARTS) is 1. The first-order valence-corrected chi connectivity index (χ1v) is 8.61. The minimum absolute atomic E-state index is 0.0541. The number of aromatic carboxylic acids is 1. The molecular formula is C21H12Cl2O4. The van der Waals surface area contributed by atoms with Crippen molar-refractivity contribution in [1.82, 2.24) is 0 Å². The number of ketones is 2. The lowest BCUT2D eigenvalue weighted by Gasteiger charge is -2.09. The van der Waals surface area contributed by atoms with Gasteiger partial charge in [-0.05, 0) is 42.5 Å². The molecule has 0 radical (unpaired) electrons. The molecule has 0 aliphatic rings. The Kier molecular flexibility index (Phi) is 5.40. The molecular weight excluding hydrogens is 387 g/mol. The van der Waals surface area contributed by atoms with Crippen molar-refractivity contribution in [3.63, 3.8) is 0 Å². The largest absolute Gasteiger partial charge is 0.478 e. The van der Waals surface area contributed by atoms with Gasteiger partial charge in [-0.3, -0.25) is 9.59 Å². The number of hydrogen-bond acceptors (Lipinski definition) is 3. The zero-order valence-electron chi connectivity index (χ0n) is 13.8. The van der Waals surface area contributed by atoms with Crippen molar-refractivity contribution in [3.8, 4) is 0 Å². The Labute approximate surface area is 165 Å². The number of halogens is 2. The highest BCUT2D eigenvalue weighted by Crippen LogP contribution is 2.24. The monoisotopic (exact) mass is 398 g/mol. The SMILES string of the molecule is O=C(O)c1cc(C(=O)c2ccccc2Cl)cc(C(=O)c2ccccc2Cl)c1. The Morgan fingerprint density at radius 3 is 1.37 bits per heavy atom. The second-order valence-electron chi connectivity index (χ2n) is 5.72. The predicted octanol–water partition coefficient (Wildman–Crippen LogP) is 5.15. The average Bonchev–Trinajstić information content (AvgIpc) is 2.67. The highest BCUT2D eigenvalue weighted by atomic mass is 35.5. The first kappa shape index (κ1) is 18.8. The number of carboxylic acids is 1. The maximum atomic E-state index is 12.8. The van der Waals surface area contributed by atoms with Gasteiger partial charge in [0.15, 0.2) is 11.6 Å². The van der Waals surface area contributed by atoms with Gasteiger partial charge in [0.05, 0.1) is 15.6 Å². The van der Waals surface area contributed by atoms with E-state index in [1.807, 2.05) is 0 Å². The molecule has 6 heteroatoms. The minimum atomic E-state index is -1.25. The highest BCUT2D eigenvalue weighted by molar-refractivity contribution is 6.36. The van der Waals surface area contributed by atoms with Crippen LogP contribution in [0.2, 0.25) is 10.0 Å². The number of hydrogen-bond donors (Lipinski definition) is 1. The first-order valence-electron chi connectivity index (χ1n) is 7.85. The fraction of sp³-hybridized carbons (Fsp3) is 0. The summed E-state index contributed by atoms with van der Waals surface area (Å²) in [6.07, 6.45) is 0. The van der Waals surface area contributed by atoms with Gasteiger partial charge in [-0.25, -0.2) is 4.79 Å². The van der Waals surface area contributed by atoms with Crippen LogP contribution in [0.1, 0.15) is 42.2 Å². The van der Waals surface area contributed by atoms with E-state index in [2.05, 4.69) is 0 Å². The molecule has 0 amide bonds. The molecule has 3 aromatic carbocycles. The summed E-state index contributed by atoms with van der Waals surface area (Å²) >= 11 is 12.1. The molecule has 4 nitrogen and oxygen atoms in total. The lowest BCUT2D eigenvalue weighted by Crippen LogP contribution is -2.10. The van der Waals surface area contributed by atoms with E-state index >= 15 is 0 Å². The van der Waals surface area contributed by atoms with E-state index in [1.54, 1.807) is 36.4 Å². The maximum Gasteiger partial charge on any atom is 0.335 e. The molecule has 134 valence electrons. The van der Waals surface area contributed by atoms with Gasteiger partial charge in [0.25, 0.3) is 0 Å². The van der Waals surface area contributed by atoms with Crippen LogP contribution in [-0.2, 0) is 0 Å². The van der Waals surface area contributed by atoms with Crippen molar-refractivity contribution >= 4 is 40.7 Å². The lowest BCUT2D eigenvalue weighted by atomic mass is 9.95. The zero-order valence-corrected chi connectivity index (χ0v) is 15.3. The normalized spacial score (nSPS) is 10.4. The fourth-order valence-electron chi connectivity index (χ4n) is 2.61. The van der Waals surface area contributed by atoms with Crippen molar-refractivity contribution < 1.29 is 19.5 Å². The summed E-state index contributed by atoms with van der Waals surface area (Å²) in [6.45, 7) is 0. The summed E-state index contributed by atoms with van der Waals surface area (Å²) in [7, 11) is 0. The molecule has 27 heavy (non-hydrogen) atoms. The Morgan fingerprint density at radius 1 is 0.630 bits per heavy atom. The van der Waals surface area contributed by atoms with Crippen molar-refractivity contribution in [2.45, 2.75) is 0 Å². The molecule has 0 atom stereocenters. The van der Waals surface area contributed by atoms with Crippen LogP contribution >= 0.6 is 23.2 Å². The summed E-state index contributed by atoms with van der Waals surface area (Å²) in [5, 5.41) is 9.85. The van der Waals surface area contributed by atoms with E-state index in [0.29, 0.717) is 0 Å². The molecule has 0 aromatic heterocycles. The van der Waals surface area contributed by atoms with Crippen LogP contribution in [0.3, 0.4) is 0 Å². The Bertz CT molecular complexity index is 998. The molecule has 3 aromatic rings. The van der Waals surface area contributed by atoms with Crippen LogP contribution in [0, 0.1) is 0 Å². The molecule has 0 bridgehead atoms. The van der Waals surface area contributed by atoms with Crippen LogP contribution in [0.25, 0.3) is 0 Å². The Balaban J connectivity index is 2.13. The second-order valence-corrected chi connectivity index (χ2v) is 6.54. The molecule has 0 aliphatic heterocycles. The van der Waals surface area contributed by atoms with Crippen molar-refractivity contribution in [3.05, 3.63) is 105 Å². The predicted molar refractivity (Wildman–Crippen MR) is 103 cm³/mol. The number of rotatable bonds is 5. The summed E-state index contributed by atoms with van der Waals surface area (Å²) in [5.41, 5.74) is 0.371. The third-order valence-electron chi connectivity index (χ3n) is 3.94. The number of carbonyl (C=O) groups is 3. The third kappa shape index (κ3) is 3.92. The van der Waals surface area contributed by atoms with Crippen LogP contribution in [0.15, 0.2) is 66.7 Å². The van der Waals surface area contributed by atoms with Crippen LogP contribution in [-0.4, -0.2) is 22.6 Å². The van der Waals surface area contributed by atoms with E-state index in [1.165, 1.54) is 30.3 Å². The summed E-state index contributed by atoms with van der Waals surface area (Å²) < 4.78 is 0. The lowest BCUT2D eigenvalue weighted by molar-refractivity contribution is 0.0697. The molecule has 0 unspecified atom stereocenters. The smallest absolute Gasteiger partial charge is 0.335 e. The fourth-order valence-corrected chi connectivity index (χ4v) is 3.06. The number of carbonyl (C=O) groups excluding carboxylic acids is 2. The van der Waals surface area contributed by atoms with Gasteiger partial charge >= 0.3 is 5.97 Å². The van der Waals surface area contributed by atoms with Crippen molar-refractivity contribution in [2.75, 3.05) is 0 Å². The quantitative estimate of drug-likeness (QED) is 0.602. The van der Waals surface area contributed by atoms with Gasteiger partial charge in [-0.15, -0.1) is 0 Å². The molecule has 1 N–H and O–H groups in total. The van der Waals surface area contributed by atoms with Gasteiger partial charge in [0.1, 0.15) is 0 Å². The summed E-state index contributed by atoms with van der Waals surface area (Å²) in [5.74, 6) is -2.20. The van der Waals surface area contributed by atoms with Crippen LogP contribution in [0.4, 0.5) is 0 Å². The van der Waals surface area contributed by atoms with Crippen molar-refractivity contribution in [2.24, 2.45) is 0 Å². The molecule has 0 spiro atoms. The van der Waals surface area contributed by atoms with Crippen LogP contribution in [0.5, 0.6) is 0 Å². The van der Waals surface area contributed by atoms with Gasteiger partial charge in [-0.1, -0.05) is 47.5 Å². The number of benzene rings is 3. The zero-order chi connectivity index (χ0) is 19.6. The van der Waals surface area contributed by atoms with E-state index in [-0.39, 0.29) is 37.9 Å². The topological polar surface area (TPSA) is 71.4 Å². The molecule has 0 saturated carbocycles. The average molecular weight is 399 g/mol. The molecule has 0 fully saturated rings. The van der Waals surface area contributed by atoms with Gasteiger partial charge in [0, 0.05) is 22.3 Å². The van der Waals surface area contributed by atoms with Crippen molar-refractivity contribution in [1.29, 1.82) is 0 Å². The summed E-state index contributed by atoms with van der Waals surface area (Å²) in [4.78, 5) is 37.1. The molecule has 0 heterocycles. The van der Waals surface area contributed by atoms with Crippen LogP contribution < -0.4 is 0 Å². The Hall–Kier alpha value is -2.95. The highest BCUT2D eigenvalue weighted by Gasteiger charge is 2.20. The van der Waals surface area contributed by atoms with E-state index in [9.17, 15) is 19.5 Å². The van der Waals surface area contributed by atoms with Gasteiger partial charge in [0.2, 0.25) is 0 Å². The molecule has 0 saturated heterocycles. The third-order valence-corrected chi connectivity index (χ3v) is 4.60. The molecule has 0 aliphatic carbocycles. The minimum Gasteiger partial charge on any atom is -0.478 e. The first-order chi connectivity index (χ1) is 12.9.